The molecule has 2 rings (SSSR count). The highest BCUT2D eigenvalue weighted by Crippen LogP contribution is 2.24. The molecule has 4 heteroatoms. The van der Waals surface area contributed by atoms with Crippen LogP contribution in [-0.2, 0) is 13.2 Å². The molecule has 0 bridgehead atoms. The fourth-order valence-electron chi connectivity index (χ4n) is 2.10. The van der Waals surface area contributed by atoms with Gasteiger partial charge in [-0.05, 0) is 37.2 Å². The second-order valence-corrected chi connectivity index (χ2v) is 4.66. The van der Waals surface area contributed by atoms with Gasteiger partial charge in [0.2, 0.25) is 0 Å². The lowest BCUT2D eigenvalue weighted by molar-refractivity contribution is 0.299. The third-order valence-corrected chi connectivity index (χ3v) is 2.97. The van der Waals surface area contributed by atoms with Gasteiger partial charge in [-0.1, -0.05) is 18.2 Å². The van der Waals surface area contributed by atoms with Crippen molar-refractivity contribution in [3.8, 4) is 5.75 Å². The molecule has 1 N–H and O–H groups in total. The summed E-state index contributed by atoms with van der Waals surface area (Å²) < 4.78 is 32.0. The Hall–Kier alpha value is -1.94. The number of hydrogen-bond donors (Lipinski definition) is 1. The minimum Gasteiger partial charge on any atom is -0.488 e. The normalized spacial score (nSPS) is 10.6. The van der Waals surface area contributed by atoms with Crippen LogP contribution in [-0.4, -0.2) is 7.05 Å². The molecule has 20 heavy (non-hydrogen) atoms. The molecule has 2 nitrogen and oxygen atoms in total. The summed E-state index contributed by atoms with van der Waals surface area (Å²) in [5.41, 5.74) is 2.49. The summed E-state index contributed by atoms with van der Waals surface area (Å²) in [4.78, 5) is 0. The van der Waals surface area contributed by atoms with E-state index in [2.05, 4.69) is 5.32 Å². The Morgan fingerprint density at radius 3 is 2.45 bits per heavy atom. The van der Waals surface area contributed by atoms with E-state index in [9.17, 15) is 8.78 Å². The van der Waals surface area contributed by atoms with Crippen LogP contribution in [0.5, 0.6) is 5.75 Å². The Morgan fingerprint density at radius 2 is 1.80 bits per heavy atom. The second kappa shape index (κ2) is 6.48. The highest BCUT2D eigenvalue weighted by molar-refractivity contribution is 5.40. The number of halogens is 2. The first kappa shape index (κ1) is 14.5. The summed E-state index contributed by atoms with van der Waals surface area (Å²) >= 11 is 0. The van der Waals surface area contributed by atoms with Gasteiger partial charge in [0.15, 0.2) is 0 Å². The van der Waals surface area contributed by atoms with Gasteiger partial charge in [0.1, 0.15) is 24.0 Å². The molecule has 0 saturated carbocycles. The molecule has 0 aliphatic rings. The van der Waals surface area contributed by atoms with Gasteiger partial charge < -0.3 is 10.1 Å². The molecule has 2 aromatic rings. The fourth-order valence-corrected chi connectivity index (χ4v) is 2.10. The number of hydrogen-bond acceptors (Lipinski definition) is 2. The number of benzene rings is 2. The molecule has 0 aliphatic heterocycles. The number of ether oxygens (including phenoxy) is 1. The maximum absolute atomic E-state index is 13.1. The van der Waals surface area contributed by atoms with Crippen LogP contribution in [0.15, 0.2) is 36.4 Å². The minimum absolute atomic E-state index is 0.135. The van der Waals surface area contributed by atoms with Crippen LogP contribution in [0.25, 0.3) is 0 Å². The lowest BCUT2D eigenvalue weighted by Gasteiger charge is -2.14. The Kier molecular flexibility index (Phi) is 4.69. The number of nitrogens with one attached hydrogen (secondary N) is 1. The number of para-hydroxylation sites is 1. The standard InChI is InChI=1S/C16H17F2NO/c1-11-4-3-5-13(9-19-2)16(11)20-10-12-6-14(17)8-15(18)7-12/h3-8,19H,9-10H2,1-2H3. The van der Waals surface area contributed by atoms with E-state index in [-0.39, 0.29) is 6.61 Å². The van der Waals surface area contributed by atoms with Crippen molar-refractivity contribution in [1.29, 1.82) is 0 Å². The van der Waals surface area contributed by atoms with Crippen molar-refractivity contribution in [1.82, 2.24) is 5.32 Å². The van der Waals surface area contributed by atoms with Crippen LogP contribution in [0.1, 0.15) is 16.7 Å². The topological polar surface area (TPSA) is 21.3 Å². The third-order valence-electron chi connectivity index (χ3n) is 2.97. The molecular weight excluding hydrogens is 260 g/mol. The summed E-state index contributed by atoms with van der Waals surface area (Å²) in [5.74, 6) is -0.431. The molecule has 0 spiro atoms. The van der Waals surface area contributed by atoms with Gasteiger partial charge in [-0.3, -0.25) is 0 Å². The first-order valence-electron chi connectivity index (χ1n) is 6.41. The van der Waals surface area contributed by atoms with Crippen LogP contribution in [0.4, 0.5) is 8.78 Å². The van der Waals surface area contributed by atoms with Gasteiger partial charge in [0, 0.05) is 18.2 Å². The van der Waals surface area contributed by atoms with Crippen molar-refractivity contribution in [2.45, 2.75) is 20.1 Å². The third kappa shape index (κ3) is 3.54. The Labute approximate surface area is 117 Å². The van der Waals surface area contributed by atoms with Gasteiger partial charge >= 0.3 is 0 Å². The lowest BCUT2D eigenvalue weighted by Crippen LogP contribution is -2.08. The largest absolute Gasteiger partial charge is 0.488 e. The summed E-state index contributed by atoms with van der Waals surface area (Å²) in [6.07, 6.45) is 0. The van der Waals surface area contributed by atoms with Crippen molar-refractivity contribution in [2.24, 2.45) is 0 Å². The highest BCUT2D eigenvalue weighted by Gasteiger charge is 2.08. The monoisotopic (exact) mass is 277 g/mol. The van der Waals surface area contributed by atoms with Gasteiger partial charge in [-0.25, -0.2) is 8.78 Å². The van der Waals surface area contributed by atoms with Crippen LogP contribution >= 0.6 is 0 Å². The first-order valence-corrected chi connectivity index (χ1v) is 6.41. The van der Waals surface area contributed by atoms with Crippen LogP contribution in [0.3, 0.4) is 0 Å². The zero-order valence-corrected chi connectivity index (χ0v) is 11.5. The molecule has 0 atom stereocenters. The Balaban J connectivity index is 2.18. The zero-order valence-electron chi connectivity index (χ0n) is 11.5. The smallest absolute Gasteiger partial charge is 0.127 e. The zero-order chi connectivity index (χ0) is 14.5. The van der Waals surface area contributed by atoms with E-state index in [4.69, 9.17) is 4.74 Å². The molecule has 0 saturated heterocycles. The summed E-state index contributed by atoms with van der Waals surface area (Å²) in [7, 11) is 1.86. The van der Waals surface area contributed by atoms with Crippen molar-refractivity contribution < 1.29 is 13.5 Å². The molecule has 0 amide bonds. The van der Waals surface area contributed by atoms with Gasteiger partial charge in [-0.2, -0.15) is 0 Å². The molecule has 0 radical (unpaired) electrons. The predicted octanol–water partition coefficient (Wildman–Crippen LogP) is 3.57. The van der Waals surface area contributed by atoms with E-state index in [0.29, 0.717) is 12.1 Å². The average Bonchev–Trinajstić information content (AvgIpc) is 2.37. The van der Waals surface area contributed by atoms with Gasteiger partial charge in [-0.15, -0.1) is 0 Å². The number of aryl methyl sites for hydroxylation is 1. The lowest BCUT2D eigenvalue weighted by atomic mass is 10.1. The highest BCUT2D eigenvalue weighted by atomic mass is 19.1. The molecule has 0 unspecified atom stereocenters. The van der Waals surface area contributed by atoms with Gasteiger partial charge in [0.25, 0.3) is 0 Å². The molecule has 2 aromatic carbocycles. The molecule has 0 aliphatic carbocycles. The minimum atomic E-state index is -0.594. The van der Waals surface area contributed by atoms with E-state index in [1.807, 2.05) is 32.2 Å². The van der Waals surface area contributed by atoms with Crippen LogP contribution < -0.4 is 10.1 Å². The van der Waals surface area contributed by atoms with E-state index in [1.54, 1.807) is 0 Å². The fraction of sp³-hybridized carbons (Fsp3) is 0.250. The van der Waals surface area contributed by atoms with E-state index in [1.165, 1.54) is 12.1 Å². The molecule has 0 heterocycles. The summed E-state index contributed by atoms with van der Waals surface area (Å²) in [6.45, 7) is 2.76. The molecule has 106 valence electrons. The Morgan fingerprint density at radius 1 is 1.10 bits per heavy atom. The number of rotatable bonds is 5. The van der Waals surface area contributed by atoms with Gasteiger partial charge in [0.05, 0.1) is 0 Å². The molecule has 0 fully saturated rings. The van der Waals surface area contributed by atoms with Crippen molar-refractivity contribution in [3.63, 3.8) is 0 Å². The summed E-state index contributed by atoms with van der Waals surface area (Å²) in [6, 6.07) is 9.27. The van der Waals surface area contributed by atoms with Crippen molar-refractivity contribution in [2.75, 3.05) is 7.05 Å². The summed E-state index contributed by atoms with van der Waals surface area (Å²) in [5, 5.41) is 3.07. The van der Waals surface area contributed by atoms with Crippen molar-refractivity contribution in [3.05, 3.63) is 64.7 Å². The van der Waals surface area contributed by atoms with Crippen LogP contribution in [0.2, 0.25) is 0 Å². The maximum Gasteiger partial charge on any atom is 0.127 e. The maximum atomic E-state index is 13.1. The van der Waals surface area contributed by atoms with E-state index in [0.717, 1.165) is 22.9 Å². The van der Waals surface area contributed by atoms with E-state index < -0.39 is 11.6 Å². The van der Waals surface area contributed by atoms with E-state index >= 15 is 0 Å². The first-order chi connectivity index (χ1) is 9.60. The molecule has 0 aromatic heterocycles. The second-order valence-electron chi connectivity index (χ2n) is 4.66. The van der Waals surface area contributed by atoms with Crippen molar-refractivity contribution >= 4 is 0 Å². The predicted molar refractivity (Wildman–Crippen MR) is 74.6 cm³/mol. The molecular formula is C16H17F2NO. The Bertz CT molecular complexity index is 579. The van der Waals surface area contributed by atoms with Crippen LogP contribution in [0, 0.1) is 18.6 Å². The average molecular weight is 277 g/mol. The SMILES string of the molecule is CNCc1cccc(C)c1OCc1cc(F)cc(F)c1. The quantitative estimate of drug-likeness (QED) is 0.902.